The van der Waals surface area contributed by atoms with E-state index in [2.05, 4.69) is 16.3 Å². The predicted octanol–water partition coefficient (Wildman–Crippen LogP) is 4.25. The maximum Gasteiger partial charge on any atom is 0.267 e. The van der Waals surface area contributed by atoms with Gasteiger partial charge >= 0.3 is 0 Å². The molecule has 1 aromatic heterocycles. The Hall–Kier alpha value is -1.83. The molecule has 1 aromatic carbocycles. The maximum absolute atomic E-state index is 11.7. The minimum absolute atomic E-state index is 0.111. The molecule has 1 N–H and O–H groups in total. The van der Waals surface area contributed by atoms with Crippen molar-refractivity contribution in [2.24, 2.45) is 0 Å². The first-order chi connectivity index (χ1) is 10.9. The summed E-state index contributed by atoms with van der Waals surface area (Å²) in [6, 6.07) is 7.55. The number of nitrogens with one attached hydrogen (secondary N) is 1. The lowest BCUT2D eigenvalue weighted by Gasteiger charge is -2.10. The van der Waals surface area contributed by atoms with Crippen molar-refractivity contribution in [2.75, 3.05) is 0 Å². The fourth-order valence-electron chi connectivity index (χ4n) is 2.33. The van der Waals surface area contributed by atoms with E-state index in [-0.39, 0.29) is 11.5 Å². The summed E-state index contributed by atoms with van der Waals surface area (Å²) in [4.78, 5) is 11.7. The number of hydrogen-bond acceptors (Lipinski definition) is 3. The van der Waals surface area contributed by atoms with Gasteiger partial charge < -0.3 is 0 Å². The molecule has 6 heteroatoms. The van der Waals surface area contributed by atoms with Crippen LogP contribution in [0.5, 0.6) is 0 Å². The molecule has 0 bridgehead atoms. The number of benzene rings is 1. The van der Waals surface area contributed by atoms with Crippen molar-refractivity contribution >= 4 is 23.2 Å². The quantitative estimate of drug-likeness (QED) is 0.877. The Bertz CT molecular complexity index is 783. The number of nitrogens with zero attached hydrogens (tertiary/aromatic N) is 2. The van der Waals surface area contributed by atoms with Gasteiger partial charge in [-0.25, -0.2) is 5.10 Å². The fraction of sp³-hybridized carbons (Fsp3) is 0.353. The molecule has 0 aliphatic carbocycles. The average Bonchev–Trinajstić information content (AvgIpc) is 2.50. The van der Waals surface area contributed by atoms with Gasteiger partial charge in [0.15, 0.2) is 0 Å². The molecule has 0 aliphatic rings. The number of rotatable bonds is 5. The molecule has 0 saturated heterocycles. The summed E-state index contributed by atoms with van der Waals surface area (Å²) in [5.41, 5.74) is 2.92. The Kier molecular flexibility index (Phi) is 5.81. The van der Waals surface area contributed by atoms with Crippen LogP contribution in [0.2, 0.25) is 10.0 Å². The topological polar surface area (TPSA) is 69.5 Å². The van der Waals surface area contributed by atoms with E-state index >= 15 is 0 Å². The summed E-state index contributed by atoms with van der Waals surface area (Å²) in [6.07, 6.45) is 1.47. The molecule has 1 heterocycles. The smallest absolute Gasteiger partial charge is 0.267 e. The second-order valence-electron chi connectivity index (χ2n) is 5.67. The standard InChI is InChI=1S/C17H17Cl2N3O/c1-10(2)13-8-12(21-22-17(13)23)9-14-15(18)6-11(4-3-5-20)7-16(14)19/h6-8,10H,3-4,9H2,1-2H3,(H,22,23). The van der Waals surface area contributed by atoms with E-state index in [0.717, 1.165) is 11.1 Å². The number of H-pyrrole nitrogens is 1. The van der Waals surface area contributed by atoms with Crippen LogP contribution in [0.3, 0.4) is 0 Å². The molecule has 0 fully saturated rings. The molecule has 120 valence electrons. The zero-order valence-electron chi connectivity index (χ0n) is 13.0. The molecule has 2 aromatic rings. The van der Waals surface area contributed by atoms with E-state index in [0.29, 0.717) is 40.6 Å². The summed E-state index contributed by atoms with van der Waals surface area (Å²) >= 11 is 12.7. The molecule has 0 saturated carbocycles. The highest BCUT2D eigenvalue weighted by Crippen LogP contribution is 2.29. The highest BCUT2D eigenvalue weighted by atomic mass is 35.5. The van der Waals surface area contributed by atoms with Crippen LogP contribution in [0.15, 0.2) is 23.0 Å². The van der Waals surface area contributed by atoms with E-state index in [1.165, 1.54) is 0 Å². The molecule has 23 heavy (non-hydrogen) atoms. The summed E-state index contributed by atoms with van der Waals surface area (Å²) in [6.45, 7) is 3.91. The average molecular weight is 350 g/mol. The lowest BCUT2D eigenvalue weighted by atomic mass is 10.0. The van der Waals surface area contributed by atoms with Crippen molar-refractivity contribution in [3.63, 3.8) is 0 Å². The third kappa shape index (κ3) is 4.34. The van der Waals surface area contributed by atoms with Gasteiger partial charge in [0.25, 0.3) is 5.56 Å². The van der Waals surface area contributed by atoms with Crippen LogP contribution in [-0.2, 0) is 12.8 Å². The minimum Gasteiger partial charge on any atom is -0.268 e. The molecule has 0 atom stereocenters. The molecule has 0 aliphatic heterocycles. The Morgan fingerprint density at radius 2 is 1.91 bits per heavy atom. The van der Waals surface area contributed by atoms with Crippen LogP contribution in [0.25, 0.3) is 0 Å². The Morgan fingerprint density at radius 1 is 1.26 bits per heavy atom. The van der Waals surface area contributed by atoms with E-state index in [9.17, 15) is 4.79 Å². The second kappa shape index (κ2) is 7.63. The van der Waals surface area contributed by atoms with Crippen molar-refractivity contribution in [2.45, 2.75) is 39.0 Å². The Labute approximate surface area is 145 Å². The van der Waals surface area contributed by atoms with Gasteiger partial charge in [-0.05, 0) is 41.7 Å². The monoisotopic (exact) mass is 349 g/mol. The summed E-state index contributed by atoms with van der Waals surface area (Å²) < 4.78 is 0. The molecule has 0 spiro atoms. The van der Waals surface area contributed by atoms with E-state index in [1.807, 2.05) is 26.0 Å². The Balaban J connectivity index is 2.32. The third-order valence-electron chi connectivity index (χ3n) is 3.59. The van der Waals surface area contributed by atoms with Crippen LogP contribution in [0.1, 0.15) is 48.6 Å². The third-order valence-corrected chi connectivity index (χ3v) is 4.27. The number of halogens is 2. The highest BCUT2D eigenvalue weighted by molar-refractivity contribution is 6.36. The first-order valence-electron chi connectivity index (χ1n) is 7.34. The first kappa shape index (κ1) is 17.5. The van der Waals surface area contributed by atoms with Crippen molar-refractivity contribution in [1.82, 2.24) is 10.2 Å². The molecule has 0 radical (unpaired) electrons. The first-order valence-corrected chi connectivity index (χ1v) is 8.10. The molecule has 0 unspecified atom stereocenters. The van der Waals surface area contributed by atoms with Crippen molar-refractivity contribution < 1.29 is 0 Å². The number of hydrogen-bond donors (Lipinski definition) is 1. The summed E-state index contributed by atoms with van der Waals surface area (Å²) in [5, 5.41) is 16.3. The fourth-order valence-corrected chi connectivity index (χ4v) is 3.00. The Morgan fingerprint density at radius 3 is 2.48 bits per heavy atom. The molecule has 0 amide bonds. The van der Waals surface area contributed by atoms with Crippen LogP contribution < -0.4 is 5.56 Å². The zero-order valence-corrected chi connectivity index (χ0v) is 14.5. The van der Waals surface area contributed by atoms with Gasteiger partial charge in [-0.3, -0.25) is 4.79 Å². The van der Waals surface area contributed by atoms with E-state index in [1.54, 1.807) is 6.07 Å². The SMILES string of the molecule is CC(C)c1cc(Cc2c(Cl)cc(CCC#N)cc2Cl)n[nH]c1=O. The van der Waals surface area contributed by atoms with E-state index in [4.69, 9.17) is 28.5 Å². The van der Waals surface area contributed by atoms with Gasteiger partial charge in [-0.1, -0.05) is 37.0 Å². The van der Waals surface area contributed by atoms with Crippen molar-refractivity contribution in [3.05, 3.63) is 61.0 Å². The van der Waals surface area contributed by atoms with Gasteiger partial charge in [-0.15, -0.1) is 0 Å². The highest BCUT2D eigenvalue weighted by Gasteiger charge is 2.13. The van der Waals surface area contributed by atoms with E-state index < -0.39 is 0 Å². The summed E-state index contributed by atoms with van der Waals surface area (Å²) in [5.74, 6) is 0.111. The van der Waals surface area contributed by atoms with Crippen LogP contribution in [0, 0.1) is 11.3 Å². The zero-order chi connectivity index (χ0) is 17.0. The normalized spacial score (nSPS) is 10.8. The minimum atomic E-state index is -0.173. The molecule has 4 nitrogen and oxygen atoms in total. The lowest BCUT2D eigenvalue weighted by Crippen LogP contribution is -2.17. The van der Waals surface area contributed by atoms with Gasteiger partial charge in [0.05, 0.1) is 11.8 Å². The lowest BCUT2D eigenvalue weighted by molar-refractivity contribution is 0.801. The number of aryl methyl sites for hydroxylation is 1. The number of aromatic amines is 1. The summed E-state index contributed by atoms with van der Waals surface area (Å²) in [7, 11) is 0. The van der Waals surface area contributed by atoms with Gasteiger partial charge in [0.2, 0.25) is 0 Å². The second-order valence-corrected chi connectivity index (χ2v) is 6.49. The van der Waals surface area contributed by atoms with Crippen LogP contribution >= 0.6 is 23.2 Å². The van der Waals surface area contributed by atoms with Crippen molar-refractivity contribution in [1.29, 1.82) is 5.26 Å². The van der Waals surface area contributed by atoms with Crippen LogP contribution in [0.4, 0.5) is 0 Å². The molecular formula is C17H17Cl2N3O. The molecule has 2 rings (SSSR count). The van der Waals surface area contributed by atoms with Gasteiger partial charge in [-0.2, -0.15) is 10.4 Å². The predicted molar refractivity (Wildman–Crippen MR) is 92.1 cm³/mol. The van der Waals surface area contributed by atoms with Gasteiger partial charge in [0.1, 0.15) is 0 Å². The van der Waals surface area contributed by atoms with Crippen LogP contribution in [-0.4, -0.2) is 10.2 Å². The maximum atomic E-state index is 11.7. The molecular weight excluding hydrogens is 333 g/mol. The largest absolute Gasteiger partial charge is 0.268 e. The van der Waals surface area contributed by atoms with Crippen molar-refractivity contribution in [3.8, 4) is 6.07 Å². The number of aromatic nitrogens is 2. The number of nitriles is 1. The van der Waals surface area contributed by atoms with Gasteiger partial charge in [0, 0.05) is 28.5 Å².